The van der Waals surface area contributed by atoms with Gasteiger partial charge in [-0.3, -0.25) is 0 Å². The van der Waals surface area contributed by atoms with Crippen molar-refractivity contribution >= 4 is 11.6 Å². The predicted octanol–water partition coefficient (Wildman–Crippen LogP) is 3.86. The molecule has 2 nitrogen and oxygen atoms in total. The van der Waals surface area contributed by atoms with Crippen molar-refractivity contribution in [2.24, 2.45) is 0 Å². The molecule has 0 saturated heterocycles. The van der Waals surface area contributed by atoms with Crippen LogP contribution in [-0.4, -0.2) is 9.97 Å². The number of hydrogen-bond acceptors (Lipinski definition) is 2. The second kappa shape index (κ2) is 4.41. The van der Waals surface area contributed by atoms with Crippen molar-refractivity contribution in [1.29, 1.82) is 0 Å². The first-order valence-corrected chi connectivity index (χ1v) is 5.63. The smallest absolute Gasteiger partial charge is 0.181 e. The van der Waals surface area contributed by atoms with E-state index >= 15 is 0 Å². The Kier molecular flexibility index (Phi) is 3.11. The molecule has 0 unspecified atom stereocenters. The minimum Gasteiger partial charge on any atom is -0.230 e. The number of aromatic nitrogens is 2. The van der Waals surface area contributed by atoms with Crippen LogP contribution >= 0.6 is 11.6 Å². The minimum atomic E-state index is -0.556. The molecule has 0 N–H and O–H groups in total. The normalized spacial score (nSPS) is 10.6. The number of nitrogens with zero attached hydrogens (tertiary/aromatic N) is 2. The van der Waals surface area contributed by atoms with Gasteiger partial charge in [0.1, 0.15) is 0 Å². The molecule has 0 spiro atoms. The predicted molar refractivity (Wildman–Crippen MR) is 66.6 cm³/mol. The maximum atomic E-state index is 13.3. The Morgan fingerprint density at radius 3 is 2.12 bits per heavy atom. The van der Waals surface area contributed by atoms with Gasteiger partial charge in [0, 0.05) is 5.56 Å². The fraction of sp³-hybridized carbons (Fsp3) is 0.231. The lowest BCUT2D eigenvalue weighted by molar-refractivity contribution is 0.603. The highest BCUT2D eigenvalue weighted by molar-refractivity contribution is 6.29. The molecule has 88 valence electrons. The summed E-state index contributed by atoms with van der Waals surface area (Å²) in [5.74, 6) is -0.0968. The number of halogens is 2. The Hall–Kier alpha value is -1.48. The third-order valence-corrected chi connectivity index (χ3v) is 2.71. The monoisotopic (exact) mass is 250 g/mol. The van der Waals surface area contributed by atoms with Gasteiger partial charge in [0.2, 0.25) is 0 Å². The number of hydrogen-bond donors (Lipinski definition) is 0. The lowest BCUT2D eigenvalue weighted by Crippen LogP contribution is -1.97. The summed E-state index contributed by atoms with van der Waals surface area (Å²) in [5.41, 5.74) is 3.34. The first-order valence-electron chi connectivity index (χ1n) is 5.25. The van der Waals surface area contributed by atoms with E-state index in [2.05, 4.69) is 16.0 Å². The van der Waals surface area contributed by atoms with Crippen LogP contribution in [-0.2, 0) is 0 Å². The molecule has 0 atom stereocenters. The van der Waals surface area contributed by atoms with Crippen molar-refractivity contribution in [2.75, 3.05) is 0 Å². The van der Waals surface area contributed by atoms with Crippen LogP contribution in [0.1, 0.15) is 16.8 Å². The largest absolute Gasteiger partial charge is 0.230 e. The van der Waals surface area contributed by atoms with Crippen LogP contribution in [0, 0.1) is 26.6 Å². The molecule has 0 radical (unpaired) electrons. The second-order valence-electron chi connectivity index (χ2n) is 4.11. The molecule has 1 aromatic heterocycles. The van der Waals surface area contributed by atoms with E-state index in [9.17, 15) is 4.39 Å². The topological polar surface area (TPSA) is 25.8 Å². The number of aryl methyl sites for hydroxylation is 3. The van der Waals surface area contributed by atoms with Crippen LogP contribution in [0.25, 0.3) is 11.4 Å². The standard InChI is InChI=1S/C13H12ClFN2/c1-7-4-8(2)6-10(5-7)13-16-9(3)11(15)12(14)17-13/h4-6H,1-3H3. The Balaban J connectivity index is 2.60. The average Bonchev–Trinajstić information content (AvgIpc) is 2.23. The fourth-order valence-corrected chi connectivity index (χ4v) is 1.97. The maximum absolute atomic E-state index is 13.3. The van der Waals surface area contributed by atoms with Crippen molar-refractivity contribution in [3.8, 4) is 11.4 Å². The molecule has 4 heteroatoms. The molecule has 1 aromatic carbocycles. The molecule has 1 heterocycles. The van der Waals surface area contributed by atoms with Gasteiger partial charge in [0.25, 0.3) is 0 Å². The summed E-state index contributed by atoms with van der Waals surface area (Å²) in [7, 11) is 0. The summed E-state index contributed by atoms with van der Waals surface area (Å²) < 4.78 is 13.3. The van der Waals surface area contributed by atoms with E-state index in [-0.39, 0.29) is 10.8 Å². The van der Waals surface area contributed by atoms with E-state index in [0.717, 1.165) is 16.7 Å². The molecule has 0 bridgehead atoms. The van der Waals surface area contributed by atoms with Crippen molar-refractivity contribution in [3.63, 3.8) is 0 Å². The van der Waals surface area contributed by atoms with Crippen LogP contribution in [0.4, 0.5) is 4.39 Å². The quantitative estimate of drug-likeness (QED) is 0.718. The van der Waals surface area contributed by atoms with Gasteiger partial charge >= 0.3 is 0 Å². The Labute approximate surface area is 104 Å². The van der Waals surface area contributed by atoms with Gasteiger partial charge in [-0.05, 0) is 32.9 Å². The molecular formula is C13H12ClFN2. The zero-order valence-corrected chi connectivity index (χ0v) is 10.6. The van der Waals surface area contributed by atoms with Crippen molar-refractivity contribution < 1.29 is 4.39 Å². The van der Waals surface area contributed by atoms with Crippen LogP contribution in [0.2, 0.25) is 5.15 Å². The van der Waals surface area contributed by atoms with Gasteiger partial charge in [-0.15, -0.1) is 0 Å². The molecule has 0 aliphatic heterocycles. The van der Waals surface area contributed by atoms with Gasteiger partial charge < -0.3 is 0 Å². The van der Waals surface area contributed by atoms with Crippen LogP contribution in [0.15, 0.2) is 18.2 Å². The van der Waals surface area contributed by atoms with Crippen molar-refractivity contribution in [2.45, 2.75) is 20.8 Å². The summed E-state index contributed by atoms with van der Waals surface area (Å²) in [5, 5.41) is -0.133. The summed E-state index contributed by atoms with van der Waals surface area (Å²) in [6, 6.07) is 5.97. The molecule has 0 saturated carbocycles. The van der Waals surface area contributed by atoms with Gasteiger partial charge in [-0.1, -0.05) is 28.8 Å². The Bertz CT molecular complexity index is 538. The SMILES string of the molecule is Cc1cc(C)cc(-c2nc(C)c(F)c(Cl)n2)c1. The maximum Gasteiger partial charge on any atom is 0.181 e. The zero-order valence-electron chi connectivity index (χ0n) is 9.88. The first kappa shape index (κ1) is 12.0. The van der Waals surface area contributed by atoms with Gasteiger partial charge in [0.05, 0.1) is 5.69 Å². The van der Waals surface area contributed by atoms with Gasteiger partial charge in [0.15, 0.2) is 16.8 Å². The van der Waals surface area contributed by atoms with Crippen molar-refractivity contribution in [1.82, 2.24) is 9.97 Å². The molecular weight excluding hydrogens is 239 g/mol. The first-order chi connectivity index (χ1) is 7.97. The molecule has 2 rings (SSSR count). The van der Waals surface area contributed by atoms with Crippen LogP contribution in [0.3, 0.4) is 0 Å². The number of benzene rings is 1. The third-order valence-electron chi connectivity index (χ3n) is 2.46. The highest BCUT2D eigenvalue weighted by Crippen LogP contribution is 2.22. The Morgan fingerprint density at radius 1 is 1.00 bits per heavy atom. The molecule has 17 heavy (non-hydrogen) atoms. The minimum absolute atomic E-state index is 0.133. The lowest BCUT2D eigenvalue weighted by Gasteiger charge is -2.06. The summed E-state index contributed by atoms with van der Waals surface area (Å²) >= 11 is 5.72. The van der Waals surface area contributed by atoms with Gasteiger partial charge in [-0.25, -0.2) is 14.4 Å². The average molecular weight is 251 g/mol. The highest BCUT2D eigenvalue weighted by atomic mass is 35.5. The highest BCUT2D eigenvalue weighted by Gasteiger charge is 2.11. The summed E-state index contributed by atoms with van der Waals surface area (Å²) in [6.07, 6.45) is 0. The summed E-state index contributed by atoms with van der Waals surface area (Å²) in [4.78, 5) is 8.08. The van der Waals surface area contributed by atoms with Crippen LogP contribution in [0.5, 0.6) is 0 Å². The van der Waals surface area contributed by atoms with Gasteiger partial charge in [-0.2, -0.15) is 0 Å². The van der Waals surface area contributed by atoms with E-state index in [1.165, 1.54) is 0 Å². The van der Waals surface area contributed by atoms with E-state index in [0.29, 0.717) is 5.82 Å². The second-order valence-corrected chi connectivity index (χ2v) is 4.47. The van der Waals surface area contributed by atoms with Crippen molar-refractivity contribution in [3.05, 3.63) is 46.0 Å². The third kappa shape index (κ3) is 2.44. The Morgan fingerprint density at radius 2 is 1.59 bits per heavy atom. The summed E-state index contributed by atoms with van der Waals surface area (Å²) in [6.45, 7) is 5.57. The molecule has 0 amide bonds. The van der Waals surface area contributed by atoms with Crippen LogP contribution < -0.4 is 0 Å². The van der Waals surface area contributed by atoms with E-state index in [4.69, 9.17) is 11.6 Å². The van der Waals surface area contributed by atoms with E-state index < -0.39 is 5.82 Å². The fourth-order valence-electron chi connectivity index (χ4n) is 1.76. The molecule has 2 aromatic rings. The van der Waals surface area contributed by atoms with E-state index in [1.807, 2.05) is 26.0 Å². The van der Waals surface area contributed by atoms with E-state index in [1.54, 1.807) is 6.92 Å². The number of rotatable bonds is 1. The molecule has 0 fully saturated rings. The molecule has 0 aliphatic carbocycles. The molecule has 0 aliphatic rings. The zero-order chi connectivity index (χ0) is 12.6. The lowest BCUT2D eigenvalue weighted by atomic mass is 10.1.